The van der Waals surface area contributed by atoms with E-state index in [4.69, 9.17) is 9.47 Å². The Bertz CT molecular complexity index is 814. The Balaban J connectivity index is 2.28. The van der Waals surface area contributed by atoms with Crippen molar-refractivity contribution in [3.05, 3.63) is 71.5 Å². The van der Waals surface area contributed by atoms with Crippen LogP contribution in [0.3, 0.4) is 0 Å². The van der Waals surface area contributed by atoms with E-state index in [0.29, 0.717) is 5.56 Å². The second kappa shape index (κ2) is 8.28. The average molecular weight is 358 g/mol. The van der Waals surface area contributed by atoms with Gasteiger partial charge in [0, 0.05) is 6.92 Å². The van der Waals surface area contributed by atoms with Gasteiger partial charge in [-0.15, -0.1) is 0 Å². The standard InChI is InChI=1S/C19H18O7/c1-13(21)25-16-10-6-5-9-15(16)18(23)26-19(24,12-20)17(22)11-14-7-3-2-4-8-14/h2-11,20,22,24H,12H2,1H3. The summed E-state index contributed by atoms with van der Waals surface area (Å²) in [5, 5.41) is 29.9. The molecule has 3 N–H and O–H groups in total. The van der Waals surface area contributed by atoms with Crippen molar-refractivity contribution in [3.8, 4) is 5.75 Å². The summed E-state index contributed by atoms with van der Waals surface area (Å²) in [5.74, 6) is -5.22. The van der Waals surface area contributed by atoms with E-state index in [1.54, 1.807) is 36.4 Å². The number of hydrogen-bond donors (Lipinski definition) is 3. The predicted molar refractivity (Wildman–Crippen MR) is 92.2 cm³/mol. The number of carbonyl (C=O) groups is 2. The number of aliphatic hydroxyl groups is 3. The minimum Gasteiger partial charge on any atom is -0.506 e. The number of para-hydroxylation sites is 1. The van der Waals surface area contributed by atoms with Gasteiger partial charge in [-0.1, -0.05) is 42.5 Å². The van der Waals surface area contributed by atoms with Crippen molar-refractivity contribution in [3.63, 3.8) is 0 Å². The van der Waals surface area contributed by atoms with Crippen molar-refractivity contribution in [2.24, 2.45) is 0 Å². The number of esters is 2. The highest BCUT2D eigenvalue weighted by Gasteiger charge is 2.37. The van der Waals surface area contributed by atoms with Gasteiger partial charge < -0.3 is 24.8 Å². The van der Waals surface area contributed by atoms with Crippen LogP contribution >= 0.6 is 0 Å². The molecule has 1 unspecified atom stereocenters. The highest BCUT2D eigenvalue weighted by molar-refractivity contribution is 5.93. The van der Waals surface area contributed by atoms with Crippen molar-refractivity contribution < 1.29 is 34.4 Å². The van der Waals surface area contributed by atoms with Crippen LogP contribution in [0.25, 0.3) is 6.08 Å². The second-order valence-corrected chi connectivity index (χ2v) is 5.36. The van der Waals surface area contributed by atoms with E-state index in [0.717, 1.165) is 6.08 Å². The number of rotatable bonds is 6. The Morgan fingerprint density at radius 2 is 1.69 bits per heavy atom. The monoisotopic (exact) mass is 358 g/mol. The van der Waals surface area contributed by atoms with Crippen LogP contribution in [0.1, 0.15) is 22.8 Å². The van der Waals surface area contributed by atoms with Gasteiger partial charge in [-0.05, 0) is 23.8 Å². The molecule has 2 aromatic carbocycles. The van der Waals surface area contributed by atoms with E-state index < -0.39 is 30.1 Å². The fourth-order valence-corrected chi connectivity index (χ4v) is 2.07. The van der Waals surface area contributed by atoms with Gasteiger partial charge in [0.2, 0.25) is 0 Å². The molecule has 2 rings (SSSR count). The van der Waals surface area contributed by atoms with Crippen molar-refractivity contribution >= 4 is 18.0 Å². The van der Waals surface area contributed by atoms with Crippen LogP contribution < -0.4 is 4.74 Å². The van der Waals surface area contributed by atoms with E-state index in [1.165, 1.54) is 25.1 Å². The van der Waals surface area contributed by atoms with Crippen LogP contribution in [0.5, 0.6) is 5.75 Å². The summed E-state index contributed by atoms with van der Waals surface area (Å²) in [6, 6.07) is 14.2. The average Bonchev–Trinajstić information content (AvgIpc) is 2.62. The number of benzene rings is 2. The minimum atomic E-state index is -2.66. The quantitative estimate of drug-likeness (QED) is 0.313. The first-order valence-corrected chi connectivity index (χ1v) is 7.66. The largest absolute Gasteiger partial charge is 0.506 e. The zero-order valence-electron chi connectivity index (χ0n) is 14.0. The summed E-state index contributed by atoms with van der Waals surface area (Å²) >= 11 is 0. The molecule has 0 amide bonds. The van der Waals surface area contributed by atoms with Gasteiger partial charge in [-0.2, -0.15) is 0 Å². The number of hydrogen-bond acceptors (Lipinski definition) is 7. The number of aliphatic hydroxyl groups excluding tert-OH is 2. The zero-order chi connectivity index (χ0) is 19.2. The Morgan fingerprint density at radius 3 is 2.31 bits per heavy atom. The Hall–Kier alpha value is -3.16. The Morgan fingerprint density at radius 1 is 1.08 bits per heavy atom. The molecule has 0 aliphatic heterocycles. The molecule has 26 heavy (non-hydrogen) atoms. The van der Waals surface area contributed by atoms with Gasteiger partial charge in [-0.25, -0.2) is 4.79 Å². The molecule has 7 nitrogen and oxygen atoms in total. The lowest BCUT2D eigenvalue weighted by Gasteiger charge is -2.25. The fraction of sp³-hybridized carbons (Fsp3) is 0.158. The van der Waals surface area contributed by atoms with Gasteiger partial charge in [-0.3, -0.25) is 4.79 Å². The summed E-state index contributed by atoms with van der Waals surface area (Å²) in [6.07, 6.45) is 1.15. The third-order valence-electron chi connectivity index (χ3n) is 3.34. The van der Waals surface area contributed by atoms with Crippen LogP contribution in [0, 0.1) is 0 Å². The molecule has 0 radical (unpaired) electrons. The Labute approximate surface area is 149 Å². The molecule has 2 aromatic rings. The first kappa shape index (κ1) is 19.2. The molecule has 0 spiro atoms. The summed E-state index contributed by atoms with van der Waals surface area (Å²) in [4.78, 5) is 23.5. The maximum Gasteiger partial charge on any atom is 0.344 e. The smallest absolute Gasteiger partial charge is 0.344 e. The van der Waals surface area contributed by atoms with Crippen molar-refractivity contribution in [2.75, 3.05) is 6.61 Å². The van der Waals surface area contributed by atoms with Crippen LogP contribution in [-0.2, 0) is 9.53 Å². The van der Waals surface area contributed by atoms with Crippen molar-refractivity contribution in [1.29, 1.82) is 0 Å². The lowest BCUT2D eigenvalue weighted by molar-refractivity contribution is -0.179. The fourth-order valence-electron chi connectivity index (χ4n) is 2.07. The van der Waals surface area contributed by atoms with E-state index in [-0.39, 0.29) is 11.3 Å². The van der Waals surface area contributed by atoms with E-state index in [9.17, 15) is 24.9 Å². The molecule has 1 atom stereocenters. The summed E-state index contributed by atoms with van der Waals surface area (Å²) in [6.45, 7) is 0.0875. The molecule has 0 heterocycles. The van der Waals surface area contributed by atoms with Crippen molar-refractivity contribution in [2.45, 2.75) is 12.7 Å². The number of carbonyl (C=O) groups excluding carboxylic acids is 2. The zero-order valence-corrected chi connectivity index (χ0v) is 14.0. The number of ether oxygens (including phenoxy) is 2. The first-order chi connectivity index (χ1) is 12.4. The van der Waals surface area contributed by atoms with Gasteiger partial charge in [0.05, 0.1) is 0 Å². The molecule has 7 heteroatoms. The highest BCUT2D eigenvalue weighted by Crippen LogP contribution is 2.25. The molecule has 136 valence electrons. The lowest BCUT2D eigenvalue weighted by atomic mass is 10.1. The minimum absolute atomic E-state index is 0.0724. The van der Waals surface area contributed by atoms with E-state index in [2.05, 4.69) is 0 Å². The van der Waals surface area contributed by atoms with Crippen LogP contribution in [-0.4, -0.2) is 39.7 Å². The molecule has 0 saturated heterocycles. The highest BCUT2D eigenvalue weighted by atomic mass is 16.7. The van der Waals surface area contributed by atoms with E-state index >= 15 is 0 Å². The third-order valence-corrected chi connectivity index (χ3v) is 3.34. The van der Waals surface area contributed by atoms with Crippen molar-refractivity contribution in [1.82, 2.24) is 0 Å². The molecular formula is C19H18O7. The Kier molecular flexibility index (Phi) is 6.11. The SMILES string of the molecule is CC(=O)Oc1ccccc1C(=O)OC(O)(CO)C(O)=Cc1ccccc1. The normalized spacial score (nSPS) is 13.6. The first-order valence-electron chi connectivity index (χ1n) is 7.66. The second-order valence-electron chi connectivity index (χ2n) is 5.36. The summed E-state index contributed by atoms with van der Waals surface area (Å²) < 4.78 is 9.80. The van der Waals surface area contributed by atoms with Gasteiger partial charge >= 0.3 is 11.9 Å². The molecule has 0 fully saturated rings. The van der Waals surface area contributed by atoms with Gasteiger partial charge in [0.15, 0.2) is 5.76 Å². The molecule has 0 saturated carbocycles. The maximum atomic E-state index is 12.4. The predicted octanol–water partition coefficient (Wildman–Crippen LogP) is 2.05. The third kappa shape index (κ3) is 4.69. The van der Waals surface area contributed by atoms with Gasteiger partial charge in [0.25, 0.3) is 5.79 Å². The van der Waals surface area contributed by atoms with Crippen LogP contribution in [0.4, 0.5) is 0 Å². The maximum absolute atomic E-state index is 12.4. The van der Waals surface area contributed by atoms with Crippen LogP contribution in [0.2, 0.25) is 0 Å². The van der Waals surface area contributed by atoms with E-state index in [1.807, 2.05) is 0 Å². The van der Waals surface area contributed by atoms with Gasteiger partial charge in [0.1, 0.15) is 17.9 Å². The summed E-state index contributed by atoms with van der Waals surface area (Å²) in [7, 11) is 0. The molecule has 0 aliphatic rings. The molecule has 0 bridgehead atoms. The topological polar surface area (TPSA) is 113 Å². The molecular weight excluding hydrogens is 340 g/mol. The molecule has 0 aromatic heterocycles. The molecule has 0 aliphatic carbocycles. The van der Waals surface area contributed by atoms with Crippen LogP contribution in [0.15, 0.2) is 60.4 Å². The lowest BCUT2D eigenvalue weighted by Crippen LogP contribution is -2.41. The summed E-state index contributed by atoms with van der Waals surface area (Å²) in [5.41, 5.74) is 0.371.